The average Bonchev–Trinajstić information content (AvgIpc) is 2.89. The molecule has 0 bridgehead atoms. The number of nitrogens with zero attached hydrogens (tertiary/aromatic N) is 4. The second-order valence-corrected chi connectivity index (χ2v) is 5.00. The summed E-state index contributed by atoms with van der Waals surface area (Å²) in [5, 5.41) is 13.7. The summed E-state index contributed by atoms with van der Waals surface area (Å²) in [6.45, 7) is 0. The summed E-state index contributed by atoms with van der Waals surface area (Å²) < 4.78 is 0.745. The summed E-state index contributed by atoms with van der Waals surface area (Å²) in [6.07, 6.45) is 4.22. The van der Waals surface area contributed by atoms with Crippen LogP contribution in [0.2, 0.25) is 0 Å². The van der Waals surface area contributed by atoms with Crippen LogP contribution in [-0.4, -0.2) is 25.8 Å². The highest BCUT2D eigenvalue weighted by Crippen LogP contribution is 2.28. The van der Waals surface area contributed by atoms with Crippen LogP contribution < -0.4 is 5.32 Å². The van der Waals surface area contributed by atoms with Gasteiger partial charge in [0.15, 0.2) is 5.13 Å². The molecule has 0 saturated carbocycles. The van der Waals surface area contributed by atoms with Crippen LogP contribution in [0.15, 0.2) is 36.8 Å². The van der Waals surface area contributed by atoms with Crippen LogP contribution in [0.25, 0.3) is 10.2 Å². The van der Waals surface area contributed by atoms with Gasteiger partial charge in [-0.3, -0.25) is 25.2 Å². The Morgan fingerprint density at radius 1 is 1.33 bits per heavy atom. The summed E-state index contributed by atoms with van der Waals surface area (Å²) in [7, 11) is 0. The standard InChI is InChI=1S/C12H7N5O3S/c18-11(9-6-13-3-4-14-9)16-12-15-8-5-7(17(19)20)1-2-10(8)21-12/h1-6H,(H,15,16,18). The number of nitro benzene ring substituents is 1. The molecular weight excluding hydrogens is 294 g/mol. The number of aromatic nitrogens is 3. The Bertz CT molecular complexity index is 833. The van der Waals surface area contributed by atoms with E-state index in [1.54, 1.807) is 6.07 Å². The molecule has 3 rings (SSSR count). The third-order valence-corrected chi connectivity index (χ3v) is 3.55. The van der Waals surface area contributed by atoms with Crippen LogP contribution >= 0.6 is 11.3 Å². The van der Waals surface area contributed by atoms with E-state index in [-0.39, 0.29) is 11.4 Å². The lowest BCUT2D eigenvalue weighted by Crippen LogP contribution is -2.13. The molecule has 0 spiro atoms. The van der Waals surface area contributed by atoms with E-state index in [0.717, 1.165) is 4.70 Å². The van der Waals surface area contributed by atoms with Crippen molar-refractivity contribution in [2.24, 2.45) is 0 Å². The number of carbonyl (C=O) groups is 1. The quantitative estimate of drug-likeness (QED) is 0.586. The van der Waals surface area contributed by atoms with Gasteiger partial charge in [0.1, 0.15) is 5.69 Å². The molecule has 0 aliphatic rings. The summed E-state index contributed by atoms with van der Waals surface area (Å²) in [5.41, 5.74) is 0.589. The molecular formula is C12H7N5O3S. The number of amides is 1. The fourth-order valence-electron chi connectivity index (χ4n) is 1.66. The highest BCUT2D eigenvalue weighted by molar-refractivity contribution is 7.22. The predicted molar refractivity (Wildman–Crippen MR) is 76.3 cm³/mol. The Kier molecular flexibility index (Phi) is 3.24. The van der Waals surface area contributed by atoms with Crippen LogP contribution in [0.5, 0.6) is 0 Å². The number of non-ortho nitro benzene ring substituents is 1. The summed E-state index contributed by atoms with van der Waals surface area (Å²) in [5.74, 6) is -0.434. The molecule has 0 unspecified atom stereocenters. The second kappa shape index (κ2) is 5.21. The van der Waals surface area contributed by atoms with Crippen molar-refractivity contribution in [3.05, 3.63) is 52.6 Å². The minimum atomic E-state index is -0.489. The maximum absolute atomic E-state index is 11.9. The first-order valence-corrected chi connectivity index (χ1v) is 6.57. The number of fused-ring (bicyclic) bond motifs is 1. The number of benzene rings is 1. The van der Waals surface area contributed by atoms with E-state index >= 15 is 0 Å². The molecule has 3 aromatic rings. The third kappa shape index (κ3) is 2.67. The van der Waals surface area contributed by atoms with Gasteiger partial charge < -0.3 is 0 Å². The maximum Gasteiger partial charge on any atom is 0.277 e. The first-order valence-electron chi connectivity index (χ1n) is 5.76. The minimum Gasteiger partial charge on any atom is -0.296 e. The molecule has 2 heterocycles. The number of nitrogens with one attached hydrogen (secondary N) is 1. The van der Waals surface area contributed by atoms with Crippen LogP contribution in [0, 0.1) is 10.1 Å². The molecule has 1 amide bonds. The van der Waals surface area contributed by atoms with Gasteiger partial charge in [0, 0.05) is 24.5 Å². The highest BCUT2D eigenvalue weighted by Gasteiger charge is 2.13. The van der Waals surface area contributed by atoms with E-state index in [1.165, 1.54) is 42.1 Å². The maximum atomic E-state index is 11.9. The fourth-order valence-corrected chi connectivity index (χ4v) is 2.50. The number of carbonyl (C=O) groups excluding carboxylic acids is 1. The monoisotopic (exact) mass is 301 g/mol. The molecule has 0 aliphatic carbocycles. The Hall–Kier alpha value is -2.94. The lowest BCUT2D eigenvalue weighted by molar-refractivity contribution is -0.384. The number of hydrogen-bond donors (Lipinski definition) is 1. The zero-order chi connectivity index (χ0) is 14.8. The van der Waals surface area contributed by atoms with E-state index in [9.17, 15) is 14.9 Å². The van der Waals surface area contributed by atoms with Gasteiger partial charge in [-0.2, -0.15) is 0 Å². The SMILES string of the molecule is O=C(Nc1nc2cc([N+](=O)[O-])ccc2s1)c1cnccn1. The topological polar surface area (TPSA) is 111 Å². The second-order valence-electron chi connectivity index (χ2n) is 3.97. The van der Waals surface area contributed by atoms with Gasteiger partial charge in [-0.1, -0.05) is 11.3 Å². The molecule has 0 radical (unpaired) electrons. The summed E-state index contributed by atoms with van der Waals surface area (Å²) in [6, 6.07) is 4.36. The zero-order valence-electron chi connectivity index (χ0n) is 10.4. The van der Waals surface area contributed by atoms with E-state index in [1.807, 2.05) is 0 Å². The lowest BCUT2D eigenvalue weighted by atomic mass is 10.3. The van der Waals surface area contributed by atoms with Crippen LogP contribution in [-0.2, 0) is 0 Å². The molecule has 0 fully saturated rings. The van der Waals surface area contributed by atoms with Crippen molar-refractivity contribution in [1.82, 2.24) is 15.0 Å². The van der Waals surface area contributed by atoms with Crippen molar-refractivity contribution in [2.45, 2.75) is 0 Å². The number of rotatable bonds is 3. The Morgan fingerprint density at radius 2 is 2.19 bits per heavy atom. The first kappa shape index (κ1) is 13.1. The van der Waals surface area contributed by atoms with E-state index in [2.05, 4.69) is 20.3 Å². The van der Waals surface area contributed by atoms with Crippen LogP contribution in [0.4, 0.5) is 10.8 Å². The minimum absolute atomic E-state index is 0.0420. The number of anilines is 1. The largest absolute Gasteiger partial charge is 0.296 e. The van der Waals surface area contributed by atoms with E-state index in [4.69, 9.17) is 0 Å². The summed E-state index contributed by atoms with van der Waals surface area (Å²) in [4.78, 5) is 34.0. The molecule has 2 aromatic heterocycles. The van der Waals surface area contributed by atoms with Gasteiger partial charge in [-0.15, -0.1) is 0 Å². The Balaban J connectivity index is 1.88. The molecule has 0 saturated heterocycles. The van der Waals surface area contributed by atoms with E-state index < -0.39 is 10.8 Å². The van der Waals surface area contributed by atoms with Crippen molar-refractivity contribution in [3.8, 4) is 0 Å². The van der Waals surface area contributed by atoms with Gasteiger partial charge in [0.2, 0.25) is 0 Å². The third-order valence-electron chi connectivity index (χ3n) is 2.60. The number of hydrogen-bond acceptors (Lipinski definition) is 7. The van der Waals surface area contributed by atoms with Crippen molar-refractivity contribution in [1.29, 1.82) is 0 Å². The van der Waals surface area contributed by atoms with E-state index in [0.29, 0.717) is 10.6 Å². The Labute approximate surface area is 121 Å². The molecule has 21 heavy (non-hydrogen) atoms. The summed E-state index contributed by atoms with van der Waals surface area (Å²) >= 11 is 1.23. The average molecular weight is 301 g/mol. The zero-order valence-corrected chi connectivity index (χ0v) is 11.2. The predicted octanol–water partition coefficient (Wildman–Crippen LogP) is 2.25. The number of thiazole rings is 1. The van der Waals surface area contributed by atoms with Gasteiger partial charge in [-0.05, 0) is 6.07 Å². The normalized spacial score (nSPS) is 10.5. The molecule has 9 heteroatoms. The van der Waals surface area contributed by atoms with Gasteiger partial charge >= 0.3 is 0 Å². The van der Waals surface area contributed by atoms with Crippen molar-refractivity contribution in [3.63, 3.8) is 0 Å². The molecule has 0 atom stereocenters. The fraction of sp³-hybridized carbons (Fsp3) is 0. The molecule has 104 valence electrons. The molecule has 8 nitrogen and oxygen atoms in total. The Morgan fingerprint density at radius 3 is 2.90 bits per heavy atom. The van der Waals surface area contributed by atoms with Gasteiger partial charge in [-0.25, -0.2) is 9.97 Å². The highest BCUT2D eigenvalue weighted by atomic mass is 32.1. The molecule has 1 aromatic carbocycles. The van der Waals surface area contributed by atoms with Gasteiger partial charge in [0.25, 0.3) is 11.6 Å². The molecule has 0 aliphatic heterocycles. The van der Waals surface area contributed by atoms with Crippen LogP contribution in [0.1, 0.15) is 10.5 Å². The molecule has 1 N–H and O–H groups in total. The van der Waals surface area contributed by atoms with Crippen molar-refractivity contribution >= 4 is 38.3 Å². The first-order chi connectivity index (χ1) is 10.1. The smallest absolute Gasteiger partial charge is 0.277 e. The van der Waals surface area contributed by atoms with Crippen molar-refractivity contribution < 1.29 is 9.72 Å². The van der Waals surface area contributed by atoms with Gasteiger partial charge in [0.05, 0.1) is 21.3 Å². The van der Waals surface area contributed by atoms with Crippen LogP contribution in [0.3, 0.4) is 0 Å². The number of nitro groups is 1. The van der Waals surface area contributed by atoms with Crippen molar-refractivity contribution in [2.75, 3.05) is 5.32 Å². The lowest BCUT2D eigenvalue weighted by Gasteiger charge is -1.98.